The second-order valence-electron chi connectivity index (χ2n) is 19.0. The Morgan fingerprint density at radius 3 is 2.55 bits per heavy atom. The number of aromatic nitrogens is 6. The summed E-state index contributed by atoms with van der Waals surface area (Å²) < 4.78 is 43.3. The monoisotopic (exact) mass is 915 g/mol. The number of imide groups is 1. The molecule has 4 aromatic heterocycles. The van der Waals surface area contributed by atoms with Crippen molar-refractivity contribution in [1.29, 1.82) is 0 Å². The van der Waals surface area contributed by atoms with Crippen LogP contribution < -0.4 is 20.6 Å². The van der Waals surface area contributed by atoms with E-state index in [-0.39, 0.29) is 35.5 Å². The molecule has 0 bridgehead atoms. The topological polar surface area (TPSA) is 147 Å². The van der Waals surface area contributed by atoms with Crippen molar-refractivity contribution in [1.82, 2.24) is 48.3 Å². The maximum absolute atomic E-state index is 15.2. The Morgan fingerprint density at radius 2 is 1.79 bits per heavy atom. The van der Waals surface area contributed by atoms with Crippen molar-refractivity contribution in [3.8, 4) is 16.9 Å². The highest BCUT2D eigenvalue weighted by atomic mass is 19.3. The molecule has 5 aliphatic rings. The molecule has 2 aromatic carbocycles. The van der Waals surface area contributed by atoms with Gasteiger partial charge in [-0.3, -0.25) is 38.4 Å². The minimum atomic E-state index is -2.74. The van der Waals surface area contributed by atoms with Gasteiger partial charge < -0.3 is 23.8 Å². The summed E-state index contributed by atoms with van der Waals surface area (Å²) in [5, 5.41) is 7.77. The van der Waals surface area contributed by atoms with Gasteiger partial charge in [-0.15, -0.1) is 0 Å². The minimum Gasteiger partial charge on any atom is -0.495 e. The van der Waals surface area contributed by atoms with Crippen molar-refractivity contribution in [2.75, 3.05) is 57.8 Å². The number of amides is 3. The third kappa shape index (κ3) is 7.57. The van der Waals surface area contributed by atoms with Gasteiger partial charge in [0.05, 0.1) is 36.9 Å². The van der Waals surface area contributed by atoms with E-state index in [9.17, 15) is 19.2 Å². The molecule has 9 heterocycles. The number of nitrogens with zero attached hydrogens (tertiary/aromatic N) is 10. The smallest absolute Gasteiger partial charge is 0.329 e. The summed E-state index contributed by atoms with van der Waals surface area (Å²) in [6.07, 6.45) is 7.09. The molecule has 3 amide bonds. The van der Waals surface area contributed by atoms with Crippen LogP contribution in [0.4, 0.5) is 20.3 Å². The molecular formula is C49H55F2N11O5. The van der Waals surface area contributed by atoms with Crippen LogP contribution in [0.3, 0.4) is 0 Å². The van der Waals surface area contributed by atoms with E-state index in [2.05, 4.69) is 35.7 Å². The number of likely N-dealkylation sites (tertiary alicyclic amines) is 2. The molecule has 18 heteroatoms. The molecule has 11 rings (SSSR count). The summed E-state index contributed by atoms with van der Waals surface area (Å²) in [6, 6.07) is 10.7. The van der Waals surface area contributed by atoms with Crippen molar-refractivity contribution in [2.45, 2.75) is 83.5 Å². The lowest BCUT2D eigenvalue weighted by Gasteiger charge is -2.43. The molecule has 1 atom stereocenters. The zero-order chi connectivity index (χ0) is 46.2. The first-order valence-corrected chi connectivity index (χ1v) is 23.5. The summed E-state index contributed by atoms with van der Waals surface area (Å²) in [5.74, 6) is 1.02. The second kappa shape index (κ2) is 17.0. The van der Waals surface area contributed by atoms with Crippen molar-refractivity contribution in [3.63, 3.8) is 0 Å². The van der Waals surface area contributed by atoms with Crippen LogP contribution in [0.1, 0.15) is 85.5 Å². The Labute approximate surface area is 385 Å². The molecule has 0 spiro atoms. The number of hydrogen-bond donors (Lipinski definition) is 1. The van der Waals surface area contributed by atoms with E-state index in [0.29, 0.717) is 73.0 Å². The van der Waals surface area contributed by atoms with Crippen molar-refractivity contribution in [2.24, 2.45) is 13.0 Å². The molecule has 0 radical (unpaired) electrons. The fourth-order valence-electron chi connectivity index (χ4n) is 11.6. The highest BCUT2D eigenvalue weighted by Crippen LogP contribution is 2.45. The number of halogens is 2. The molecular weight excluding hydrogens is 861 g/mol. The molecule has 3 fully saturated rings. The average Bonchev–Trinajstić information content (AvgIpc) is 4.01. The van der Waals surface area contributed by atoms with Gasteiger partial charge in [-0.25, -0.2) is 18.6 Å². The van der Waals surface area contributed by atoms with Crippen LogP contribution in [-0.4, -0.2) is 114 Å². The van der Waals surface area contributed by atoms with E-state index in [4.69, 9.17) is 9.84 Å². The van der Waals surface area contributed by atoms with Gasteiger partial charge in [0.25, 0.3) is 6.43 Å². The molecule has 67 heavy (non-hydrogen) atoms. The number of rotatable bonds is 10. The number of aryl methyl sites for hydroxylation is 2. The summed E-state index contributed by atoms with van der Waals surface area (Å²) >= 11 is 0. The van der Waals surface area contributed by atoms with Crippen LogP contribution in [0, 0.1) is 5.92 Å². The fraction of sp³-hybridized carbons (Fsp3) is 0.469. The zero-order valence-electron chi connectivity index (χ0n) is 38.1. The van der Waals surface area contributed by atoms with Gasteiger partial charge in [-0.2, -0.15) is 5.10 Å². The highest BCUT2D eigenvalue weighted by molar-refractivity contribution is 6.00. The lowest BCUT2D eigenvalue weighted by atomic mass is 9.91. The third-order valence-corrected chi connectivity index (χ3v) is 14.9. The molecule has 5 aliphatic heterocycles. The SMILES string of the molecule is COc1cn2ccnc2cc1-c1cc2c(cc1C(F)F)N(c1nn(C3CCN(CC4CN(Cc5cccc6c5n(C)c(=O)n6C5CCC(=O)NC5=O)C4)CC3)c3c1CN(C(C)=O)CC3)CCC2. The van der Waals surface area contributed by atoms with E-state index in [0.717, 1.165) is 97.8 Å². The van der Waals surface area contributed by atoms with E-state index in [1.54, 1.807) is 60.9 Å². The van der Waals surface area contributed by atoms with Crippen LogP contribution in [0.25, 0.3) is 27.8 Å². The van der Waals surface area contributed by atoms with Gasteiger partial charge in [-0.1, -0.05) is 12.1 Å². The number of alkyl halides is 2. The largest absolute Gasteiger partial charge is 0.495 e. The summed E-state index contributed by atoms with van der Waals surface area (Å²) in [7, 11) is 3.29. The van der Waals surface area contributed by atoms with Crippen LogP contribution in [0.15, 0.2) is 59.8 Å². The number of methoxy groups -OCH3 is 1. The number of benzene rings is 2. The number of piperidine rings is 2. The Morgan fingerprint density at radius 1 is 0.970 bits per heavy atom. The predicted molar refractivity (Wildman–Crippen MR) is 247 cm³/mol. The zero-order valence-corrected chi connectivity index (χ0v) is 38.1. The number of ether oxygens (including phenoxy) is 1. The number of anilines is 2. The Kier molecular flexibility index (Phi) is 11.0. The first-order valence-electron chi connectivity index (χ1n) is 23.5. The molecule has 16 nitrogen and oxygen atoms in total. The van der Waals surface area contributed by atoms with Gasteiger partial charge >= 0.3 is 5.69 Å². The number of carbonyl (C=O) groups excluding carboxylic acids is 3. The highest BCUT2D eigenvalue weighted by Gasteiger charge is 2.37. The maximum atomic E-state index is 15.2. The third-order valence-electron chi connectivity index (χ3n) is 14.9. The second-order valence-corrected chi connectivity index (χ2v) is 19.0. The molecule has 0 aliphatic carbocycles. The molecule has 3 saturated heterocycles. The summed E-state index contributed by atoms with van der Waals surface area (Å²) in [4.78, 5) is 64.2. The van der Waals surface area contributed by atoms with E-state index in [1.165, 1.54) is 0 Å². The number of carbonyl (C=O) groups is 3. The first kappa shape index (κ1) is 43.2. The number of fused-ring (bicyclic) bond motifs is 4. The Bertz CT molecular complexity index is 3010. The van der Waals surface area contributed by atoms with Gasteiger partial charge in [0.2, 0.25) is 17.7 Å². The van der Waals surface area contributed by atoms with E-state index >= 15 is 8.78 Å². The molecule has 6 aromatic rings. The Balaban J connectivity index is 0.793. The minimum absolute atomic E-state index is 0.00539. The van der Waals surface area contributed by atoms with E-state index in [1.807, 2.05) is 27.5 Å². The maximum Gasteiger partial charge on any atom is 0.329 e. The van der Waals surface area contributed by atoms with Crippen LogP contribution >= 0.6 is 0 Å². The van der Waals surface area contributed by atoms with Crippen molar-refractivity contribution in [3.05, 3.63) is 93.4 Å². The van der Waals surface area contributed by atoms with Crippen LogP contribution in [-0.2, 0) is 47.4 Å². The van der Waals surface area contributed by atoms with Crippen molar-refractivity contribution < 1.29 is 27.9 Å². The van der Waals surface area contributed by atoms with Gasteiger partial charge in [0.1, 0.15) is 17.4 Å². The molecule has 0 saturated carbocycles. The first-order chi connectivity index (χ1) is 32.4. The molecule has 1 N–H and O–H groups in total. The predicted octanol–water partition coefficient (Wildman–Crippen LogP) is 5.53. The quantitative estimate of drug-likeness (QED) is 0.174. The Hall–Kier alpha value is -6.40. The van der Waals surface area contributed by atoms with E-state index < -0.39 is 18.4 Å². The van der Waals surface area contributed by atoms with Crippen LogP contribution in [0.5, 0.6) is 5.75 Å². The van der Waals surface area contributed by atoms with Gasteiger partial charge in [0, 0.05) is 120 Å². The van der Waals surface area contributed by atoms with Gasteiger partial charge in [-0.05, 0) is 79.0 Å². The van der Waals surface area contributed by atoms with Crippen molar-refractivity contribution >= 4 is 45.9 Å². The van der Waals surface area contributed by atoms with Gasteiger partial charge in [0.15, 0.2) is 5.82 Å². The number of pyridine rings is 1. The summed E-state index contributed by atoms with van der Waals surface area (Å²) in [5.41, 5.74) is 7.70. The fourth-order valence-corrected chi connectivity index (χ4v) is 11.6. The number of para-hydroxylation sites is 1. The number of hydrogen-bond acceptors (Lipinski definition) is 10. The normalized spacial score (nSPS) is 19.9. The lowest BCUT2D eigenvalue weighted by Crippen LogP contribution is -2.52. The number of imidazole rings is 2. The number of nitrogens with one attached hydrogen (secondary N) is 1. The molecule has 350 valence electrons. The summed E-state index contributed by atoms with van der Waals surface area (Å²) in [6.45, 7) is 8.71. The molecule has 1 unspecified atom stereocenters. The van der Waals surface area contributed by atoms with Crippen LogP contribution in [0.2, 0.25) is 0 Å². The standard InChI is InChI=1S/C49H55F2N11O5/c1-29(63)58-18-13-38-37(27-58)47(60-15-5-7-31-20-34(36(46(50)51)21-41(31)60)35-22-43-52-14-19-59(43)28-42(35)67-3)54-62(38)33-11-16-56(17-12-33)23-30-24-57(25-30)26-32-6-4-8-39-45(32)55(2)49(66)61(39)40-9-10-44(64)53-48(40)65/h4,6,8,14,19-22,28,30,33,40,46H,5,7,9-13,15-18,23-27H2,1-3H3,(H,53,64,65). The lowest BCUT2D eigenvalue weighted by molar-refractivity contribution is -0.135. The average molecular weight is 916 g/mol.